The van der Waals surface area contributed by atoms with Crippen LogP contribution in [0.3, 0.4) is 0 Å². The van der Waals surface area contributed by atoms with Crippen LogP contribution in [0.2, 0.25) is 5.02 Å². The van der Waals surface area contributed by atoms with E-state index in [4.69, 9.17) is 11.6 Å². The Hall–Kier alpha value is -0.710. The van der Waals surface area contributed by atoms with Crippen molar-refractivity contribution >= 4 is 49.2 Å². The fraction of sp³-hybridized carbons (Fsp3) is 0.0714. The largest absolute Gasteiger partial charge is 0.294 e. The van der Waals surface area contributed by atoms with Crippen LogP contribution >= 0.6 is 43.5 Å². The Morgan fingerprint density at radius 3 is 2.58 bits per heavy atom. The van der Waals surface area contributed by atoms with E-state index >= 15 is 0 Å². The Kier molecular flexibility index (Phi) is 4.76. The highest BCUT2D eigenvalue weighted by Gasteiger charge is 2.12. The van der Waals surface area contributed by atoms with Crippen LogP contribution in [0.4, 0.5) is 4.39 Å². The summed E-state index contributed by atoms with van der Waals surface area (Å²) in [6, 6.07) is 9.75. The van der Waals surface area contributed by atoms with Gasteiger partial charge in [0.2, 0.25) is 0 Å². The minimum absolute atomic E-state index is 0.0554. The van der Waals surface area contributed by atoms with Crippen molar-refractivity contribution in [2.24, 2.45) is 0 Å². The SMILES string of the molecule is O=C(Cc1ccc(Cl)c(F)c1)c1cc(Br)ccc1Br. The highest BCUT2D eigenvalue weighted by Crippen LogP contribution is 2.24. The molecule has 0 fully saturated rings. The fourth-order valence-electron chi connectivity index (χ4n) is 1.64. The van der Waals surface area contributed by atoms with Gasteiger partial charge in [-0.1, -0.05) is 49.5 Å². The van der Waals surface area contributed by atoms with Gasteiger partial charge in [-0.05, 0) is 35.9 Å². The average Bonchev–Trinajstić information content (AvgIpc) is 2.36. The maximum atomic E-state index is 13.3. The van der Waals surface area contributed by atoms with E-state index in [2.05, 4.69) is 31.9 Å². The normalized spacial score (nSPS) is 10.5. The predicted molar refractivity (Wildman–Crippen MR) is 81.3 cm³/mol. The van der Waals surface area contributed by atoms with E-state index in [-0.39, 0.29) is 17.2 Å². The number of carbonyl (C=O) groups is 1. The zero-order valence-electron chi connectivity index (χ0n) is 9.59. The molecule has 0 spiro atoms. The molecule has 0 atom stereocenters. The maximum absolute atomic E-state index is 13.3. The van der Waals surface area contributed by atoms with Crippen molar-refractivity contribution in [3.8, 4) is 0 Å². The Bertz CT molecular complexity index is 643. The quantitative estimate of drug-likeness (QED) is 0.621. The third kappa shape index (κ3) is 3.65. The van der Waals surface area contributed by atoms with Gasteiger partial charge in [0.25, 0.3) is 0 Å². The van der Waals surface area contributed by atoms with E-state index in [1.165, 1.54) is 12.1 Å². The van der Waals surface area contributed by atoms with Crippen LogP contribution in [0.15, 0.2) is 45.3 Å². The van der Waals surface area contributed by atoms with Gasteiger partial charge in [-0.3, -0.25) is 4.79 Å². The summed E-state index contributed by atoms with van der Waals surface area (Å²) in [5.41, 5.74) is 1.16. The average molecular weight is 406 g/mol. The minimum atomic E-state index is -0.514. The molecule has 0 saturated heterocycles. The number of carbonyl (C=O) groups excluding carboxylic acids is 1. The summed E-state index contributed by atoms with van der Waals surface area (Å²) in [5, 5.41) is 0.0554. The molecular weight excluding hydrogens is 398 g/mol. The van der Waals surface area contributed by atoms with Gasteiger partial charge in [0.05, 0.1) is 5.02 Å². The molecule has 19 heavy (non-hydrogen) atoms. The number of Topliss-reactive ketones (excluding diaryl/α,β-unsaturated/α-hetero) is 1. The van der Waals surface area contributed by atoms with Gasteiger partial charge in [-0.2, -0.15) is 0 Å². The highest BCUT2D eigenvalue weighted by molar-refractivity contribution is 9.11. The Balaban J connectivity index is 2.25. The Morgan fingerprint density at radius 1 is 1.16 bits per heavy atom. The van der Waals surface area contributed by atoms with Gasteiger partial charge >= 0.3 is 0 Å². The van der Waals surface area contributed by atoms with E-state index in [1.54, 1.807) is 18.2 Å². The minimum Gasteiger partial charge on any atom is -0.294 e. The summed E-state index contributed by atoms with van der Waals surface area (Å²) < 4.78 is 14.9. The topological polar surface area (TPSA) is 17.1 Å². The van der Waals surface area contributed by atoms with Crippen LogP contribution in [0, 0.1) is 5.82 Å². The highest BCUT2D eigenvalue weighted by atomic mass is 79.9. The first-order chi connectivity index (χ1) is 8.97. The van der Waals surface area contributed by atoms with E-state index in [1.807, 2.05) is 6.07 Å². The van der Waals surface area contributed by atoms with Gasteiger partial charge in [0.1, 0.15) is 5.82 Å². The summed E-state index contributed by atoms with van der Waals surface area (Å²) in [4.78, 5) is 12.2. The van der Waals surface area contributed by atoms with Gasteiger partial charge in [0, 0.05) is 20.9 Å². The number of rotatable bonds is 3. The number of benzene rings is 2. The molecule has 0 unspecified atom stereocenters. The number of ketones is 1. The van der Waals surface area contributed by atoms with Gasteiger partial charge in [0.15, 0.2) is 5.78 Å². The van der Waals surface area contributed by atoms with Gasteiger partial charge in [-0.15, -0.1) is 0 Å². The molecule has 5 heteroatoms. The molecule has 0 bridgehead atoms. The molecule has 0 amide bonds. The second kappa shape index (κ2) is 6.16. The van der Waals surface area contributed by atoms with E-state index in [0.29, 0.717) is 11.1 Å². The van der Waals surface area contributed by atoms with Crippen molar-refractivity contribution in [2.75, 3.05) is 0 Å². The van der Waals surface area contributed by atoms with Crippen LogP contribution in [0.1, 0.15) is 15.9 Å². The molecule has 0 aliphatic carbocycles. The van der Waals surface area contributed by atoms with Crippen molar-refractivity contribution in [1.29, 1.82) is 0 Å². The van der Waals surface area contributed by atoms with Gasteiger partial charge < -0.3 is 0 Å². The van der Waals surface area contributed by atoms with Crippen LogP contribution < -0.4 is 0 Å². The van der Waals surface area contributed by atoms with Crippen molar-refractivity contribution in [1.82, 2.24) is 0 Å². The summed E-state index contributed by atoms with van der Waals surface area (Å²) in [6.45, 7) is 0. The zero-order valence-corrected chi connectivity index (χ0v) is 13.5. The van der Waals surface area contributed by atoms with Crippen LogP contribution in [0.5, 0.6) is 0 Å². The maximum Gasteiger partial charge on any atom is 0.168 e. The van der Waals surface area contributed by atoms with Crippen molar-refractivity contribution in [3.63, 3.8) is 0 Å². The Labute approximate surface area is 132 Å². The summed E-state index contributed by atoms with van der Waals surface area (Å²) in [5.74, 6) is -0.602. The van der Waals surface area contributed by atoms with Crippen LogP contribution in [-0.4, -0.2) is 5.78 Å². The molecule has 2 rings (SSSR count). The molecule has 0 heterocycles. The number of hydrogen-bond acceptors (Lipinski definition) is 1. The molecule has 0 aliphatic rings. The molecule has 1 nitrogen and oxygen atoms in total. The third-order valence-electron chi connectivity index (χ3n) is 2.58. The lowest BCUT2D eigenvalue weighted by molar-refractivity contribution is 0.0992. The summed E-state index contributed by atoms with van der Waals surface area (Å²) >= 11 is 12.3. The first kappa shape index (κ1) is 14.7. The lowest BCUT2D eigenvalue weighted by Crippen LogP contribution is -2.05. The molecule has 98 valence electrons. The molecule has 2 aromatic carbocycles. The number of hydrogen-bond donors (Lipinski definition) is 0. The van der Waals surface area contributed by atoms with E-state index in [9.17, 15) is 9.18 Å². The molecule has 0 N–H and O–H groups in total. The van der Waals surface area contributed by atoms with Crippen molar-refractivity contribution < 1.29 is 9.18 Å². The summed E-state index contributed by atoms with van der Waals surface area (Å²) in [6.07, 6.45) is 0.128. The fourth-order valence-corrected chi connectivity index (χ4v) is 2.59. The van der Waals surface area contributed by atoms with Crippen LogP contribution in [0.25, 0.3) is 0 Å². The molecule has 0 aromatic heterocycles. The standard InChI is InChI=1S/C14H8Br2ClFO/c15-9-2-3-11(16)10(7-9)14(19)6-8-1-4-12(17)13(18)5-8/h1-5,7H,6H2. The zero-order chi connectivity index (χ0) is 14.0. The Morgan fingerprint density at radius 2 is 1.89 bits per heavy atom. The van der Waals surface area contributed by atoms with Gasteiger partial charge in [-0.25, -0.2) is 4.39 Å². The second-order valence-corrected chi connectivity index (χ2v) is 6.15. The third-order valence-corrected chi connectivity index (χ3v) is 4.07. The van der Waals surface area contributed by atoms with E-state index < -0.39 is 5.82 Å². The lowest BCUT2D eigenvalue weighted by atomic mass is 10.0. The first-order valence-electron chi connectivity index (χ1n) is 5.39. The molecule has 0 saturated carbocycles. The first-order valence-corrected chi connectivity index (χ1v) is 7.36. The second-order valence-electron chi connectivity index (χ2n) is 3.97. The monoisotopic (exact) mass is 404 g/mol. The van der Waals surface area contributed by atoms with Crippen molar-refractivity contribution in [3.05, 3.63) is 67.3 Å². The predicted octanol–water partition coefficient (Wildman–Crippen LogP) is 5.43. The molecular formula is C14H8Br2ClFO. The molecule has 0 aliphatic heterocycles. The van der Waals surface area contributed by atoms with Crippen LogP contribution in [-0.2, 0) is 6.42 Å². The summed E-state index contributed by atoms with van der Waals surface area (Å²) in [7, 11) is 0. The molecule has 0 radical (unpaired) electrons. The van der Waals surface area contributed by atoms with Crippen molar-refractivity contribution in [2.45, 2.75) is 6.42 Å². The lowest BCUT2D eigenvalue weighted by Gasteiger charge is -2.05. The molecule has 2 aromatic rings. The smallest absolute Gasteiger partial charge is 0.168 e. The number of halogens is 4. The van der Waals surface area contributed by atoms with E-state index in [0.717, 1.165) is 8.95 Å².